The molecule has 0 heterocycles. The lowest BCUT2D eigenvalue weighted by Gasteiger charge is -2.30. The van der Waals surface area contributed by atoms with Gasteiger partial charge in [0.15, 0.2) is 0 Å². The monoisotopic (exact) mass is 328 g/mol. The summed E-state index contributed by atoms with van der Waals surface area (Å²) in [4.78, 5) is 0. The Morgan fingerprint density at radius 1 is 1.12 bits per heavy atom. The average Bonchev–Trinajstić information content (AvgIpc) is 2.33. The van der Waals surface area contributed by atoms with E-state index in [0.29, 0.717) is 19.6 Å². The molecule has 0 aliphatic heterocycles. The van der Waals surface area contributed by atoms with Crippen molar-refractivity contribution in [2.45, 2.75) is 40.5 Å². The van der Waals surface area contributed by atoms with Crippen LogP contribution >= 0.6 is 15.9 Å². The largest absolute Gasteiger partial charge is 0.279 e. The van der Waals surface area contributed by atoms with Crippen molar-refractivity contribution in [3.63, 3.8) is 0 Å². The summed E-state index contributed by atoms with van der Waals surface area (Å²) in [7, 11) is -3.32. The molecular weight excluding hydrogens is 304 g/mol. The van der Waals surface area contributed by atoms with Crippen LogP contribution in [-0.2, 0) is 10.2 Å². The zero-order valence-electron chi connectivity index (χ0n) is 11.3. The summed E-state index contributed by atoms with van der Waals surface area (Å²) in [5.74, 6) is 0. The fraction of sp³-hybridized carbons (Fsp3) is 1.00. The van der Waals surface area contributed by atoms with Crippen molar-refractivity contribution in [2.24, 2.45) is 5.41 Å². The van der Waals surface area contributed by atoms with Gasteiger partial charge in [0.2, 0.25) is 0 Å². The van der Waals surface area contributed by atoms with Gasteiger partial charge in [-0.2, -0.15) is 12.7 Å². The van der Waals surface area contributed by atoms with Gasteiger partial charge in [0.25, 0.3) is 10.2 Å². The standard InChI is InChI=1S/C11H25BrN2O2S/c1-5-11(6-2,9-12)10-13-17(15,16)14(7-3)8-4/h13H,5-10H2,1-4H3. The minimum atomic E-state index is -3.32. The van der Waals surface area contributed by atoms with Gasteiger partial charge in [-0.1, -0.05) is 43.6 Å². The SMILES string of the molecule is CCN(CC)S(=O)(=O)NCC(CC)(CC)CBr. The number of rotatable bonds is 9. The van der Waals surface area contributed by atoms with Crippen molar-refractivity contribution in [2.75, 3.05) is 25.0 Å². The highest BCUT2D eigenvalue weighted by Crippen LogP contribution is 2.28. The fourth-order valence-electron chi connectivity index (χ4n) is 1.64. The Morgan fingerprint density at radius 3 is 1.88 bits per heavy atom. The molecule has 0 amide bonds. The predicted molar refractivity (Wildman–Crippen MR) is 76.7 cm³/mol. The van der Waals surface area contributed by atoms with Crippen molar-refractivity contribution in [3.8, 4) is 0 Å². The molecule has 0 saturated heterocycles. The quantitative estimate of drug-likeness (QED) is 0.660. The van der Waals surface area contributed by atoms with E-state index in [4.69, 9.17) is 0 Å². The Hall–Kier alpha value is 0.350. The molecule has 1 N–H and O–H groups in total. The minimum Gasteiger partial charge on any atom is -0.202 e. The normalized spacial score (nSPS) is 13.3. The molecule has 0 radical (unpaired) electrons. The van der Waals surface area contributed by atoms with E-state index in [9.17, 15) is 8.42 Å². The number of nitrogens with one attached hydrogen (secondary N) is 1. The van der Waals surface area contributed by atoms with Crippen LogP contribution in [0.1, 0.15) is 40.5 Å². The second-order valence-corrected chi connectivity index (χ2v) is 6.57. The highest BCUT2D eigenvalue weighted by atomic mass is 79.9. The summed E-state index contributed by atoms with van der Waals surface area (Å²) in [5.41, 5.74) is 0.0141. The Balaban J connectivity index is 4.64. The molecule has 0 aromatic rings. The van der Waals surface area contributed by atoms with Gasteiger partial charge in [-0.05, 0) is 18.3 Å². The fourth-order valence-corrected chi connectivity index (χ4v) is 3.98. The van der Waals surface area contributed by atoms with Crippen LogP contribution in [0.25, 0.3) is 0 Å². The summed E-state index contributed by atoms with van der Waals surface area (Å²) in [6.45, 7) is 9.38. The number of nitrogens with zero attached hydrogens (tertiary/aromatic N) is 1. The Bertz CT molecular complexity index is 290. The maximum Gasteiger partial charge on any atom is 0.279 e. The smallest absolute Gasteiger partial charge is 0.202 e. The molecule has 0 atom stereocenters. The minimum absolute atomic E-state index is 0.0141. The van der Waals surface area contributed by atoms with E-state index in [1.54, 1.807) is 0 Å². The molecule has 17 heavy (non-hydrogen) atoms. The van der Waals surface area contributed by atoms with Crippen LogP contribution in [0.3, 0.4) is 0 Å². The molecule has 0 aliphatic carbocycles. The molecule has 0 aromatic carbocycles. The zero-order chi connectivity index (χ0) is 13.5. The van der Waals surface area contributed by atoms with Crippen LogP contribution in [0.15, 0.2) is 0 Å². The van der Waals surface area contributed by atoms with Gasteiger partial charge in [0, 0.05) is 25.0 Å². The predicted octanol–water partition coefficient (Wildman–Crippen LogP) is 2.36. The Labute approximate surface area is 114 Å². The van der Waals surface area contributed by atoms with Gasteiger partial charge in [0.05, 0.1) is 0 Å². The second kappa shape index (κ2) is 7.71. The summed E-state index contributed by atoms with van der Waals surface area (Å²) in [6, 6.07) is 0. The maximum absolute atomic E-state index is 12.0. The lowest BCUT2D eigenvalue weighted by molar-refractivity contribution is 0.305. The van der Waals surface area contributed by atoms with Crippen molar-refractivity contribution in [3.05, 3.63) is 0 Å². The van der Waals surface area contributed by atoms with Crippen LogP contribution in [0.5, 0.6) is 0 Å². The van der Waals surface area contributed by atoms with Crippen molar-refractivity contribution < 1.29 is 8.42 Å². The highest BCUT2D eigenvalue weighted by Gasteiger charge is 2.28. The second-order valence-electron chi connectivity index (χ2n) is 4.25. The zero-order valence-corrected chi connectivity index (χ0v) is 13.7. The molecular formula is C11H25BrN2O2S. The summed E-state index contributed by atoms with van der Waals surface area (Å²) in [6.07, 6.45) is 1.91. The van der Waals surface area contributed by atoms with Gasteiger partial charge in [-0.15, -0.1) is 0 Å². The molecule has 0 aliphatic rings. The third kappa shape index (κ3) is 4.85. The van der Waals surface area contributed by atoms with E-state index >= 15 is 0 Å². The van der Waals surface area contributed by atoms with Crippen molar-refractivity contribution in [1.29, 1.82) is 0 Å². The van der Waals surface area contributed by atoms with Gasteiger partial charge in [-0.25, -0.2) is 4.72 Å². The third-order valence-electron chi connectivity index (χ3n) is 3.46. The Morgan fingerprint density at radius 2 is 1.59 bits per heavy atom. The maximum atomic E-state index is 12.0. The highest BCUT2D eigenvalue weighted by molar-refractivity contribution is 9.09. The van der Waals surface area contributed by atoms with Crippen LogP contribution in [0.2, 0.25) is 0 Å². The lowest BCUT2D eigenvalue weighted by atomic mass is 9.85. The number of hydrogen-bond acceptors (Lipinski definition) is 2. The molecule has 4 nitrogen and oxygen atoms in total. The molecule has 0 rings (SSSR count). The van der Waals surface area contributed by atoms with E-state index in [1.165, 1.54) is 4.31 Å². The van der Waals surface area contributed by atoms with Gasteiger partial charge >= 0.3 is 0 Å². The molecule has 104 valence electrons. The first-order valence-electron chi connectivity index (χ1n) is 6.22. The lowest BCUT2D eigenvalue weighted by Crippen LogP contribution is -2.45. The average molecular weight is 329 g/mol. The molecule has 6 heteroatoms. The van der Waals surface area contributed by atoms with Gasteiger partial charge in [-0.3, -0.25) is 0 Å². The van der Waals surface area contributed by atoms with E-state index < -0.39 is 10.2 Å². The molecule has 0 unspecified atom stereocenters. The first-order chi connectivity index (χ1) is 7.91. The Kier molecular flexibility index (Phi) is 7.87. The van der Waals surface area contributed by atoms with E-state index in [1.807, 2.05) is 13.8 Å². The first-order valence-corrected chi connectivity index (χ1v) is 8.78. The molecule has 0 bridgehead atoms. The van der Waals surface area contributed by atoms with Crippen LogP contribution in [-0.4, -0.2) is 37.7 Å². The van der Waals surface area contributed by atoms with E-state index in [0.717, 1.165) is 18.2 Å². The van der Waals surface area contributed by atoms with Crippen LogP contribution in [0, 0.1) is 5.41 Å². The van der Waals surface area contributed by atoms with Crippen LogP contribution < -0.4 is 4.72 Å². The van der Waals surface area contributed by atoms with E-state index in [-0.39, 0.29) is 5.41 Å². The van der Waals surface area contributed by atoms with Gasteiger partial charge in [0.1, 0.15) is 0 Å². The first kappa shape index (κ1) is 17.4. The summed E-state index contributed by atoms with van der Waals surface area (Å²) in [5, 5.41) is 0.813. The van der Waals surface area contributed by atoms with Crippen molar-refractivity contribution >= 4 is 26.1 Å². The number of hydrogen-bond donors (Lipinski definition) is 1. The van der Waals surface area contributed by atoms with E-state index in [2.05, 4.69) is 34.5 Å². The third-order valence-corrected chi connectivity index (χ3v) is 6.35. The van der Waals surface area contributed by atoms with Gasteiger partial charge < -0.3 is 0 Å². The summed E-state index contributed by atoms with van der Waals surface area (Å²) >= 11 is 3.48. The molecule has 0 saturated carbocycles. The number of halogens is 1. The van der Waals surface area contributed by atoms with Crippen LogP contribution in [0.4, 0.5) is 0 Å². The summed E-state index contributed by atoms with van der Waals surface area (Å²) < 4.78 is 28.1. The number of alkyl halides is 1. The molecule has 0 aromatic heterocycles. The topological polar surface area (TPSA) is 49.4 Å². The molecule has 0 spiro atoms. The van der Waals surface area contributed by atoms with Crippen molar-refractivity contribution in [1.82, 2.24) is 9.03 Å². The molecule has 0 fully saturated rings.